The first-order chi connectivity index (χ1) is 12.0. The largest absolute Gasteiger partial charge is 0.497 e. The molecular weight excluding hydrogens is 348 g/mol. The predicted molar refractivity (Wildman–Crippen MR) is 93.2 cm³/mol. The molecule has 0 saturated heterocycles. The number of hydrogen-bond donors (Lipinski definition) is 1. The number of halogens is 1. The number of nitrogens with zero attached hydrogens (tertiary/aromatic N) is 1. The highest BCUT2D eigenvalue weighted by Crippen LogP contribution is 2.23. The molecular formula is C17H17ClN2O5. The van der Waals surface area contributed by atoms with Gasteiger partial charge < -0.3 is 14.8 Å². The summed E-state index contributed by atoms with van der Waals surface area (Å²) in [5, 5.41) is 13.7. The molecule has 25 heavy (non-hydrogen) atoms. The van der Waals surface area contributed by atoms with Crippen LogP contribution in [0.2, 0.25) is 5.02 Å². The van der Waals surface area contributed by atoms with Crippen molar-refractivity contribution in [1.29, 1.82) is 0 Å². The van der Waals surface area contributed by atoms with Crippen molar-refractivity contribution in [2.24, 2.45) is 0 Å². The number of non-ortho nitro benzene ring substituents is 1. The maximum absolute atomic E-state index is 12.3. The van der Waals surface area contributed by atoms with Crippen molar-refractivity contribution in [3.63, 3.8) is 0 Å². The lowest BCUT2D eigenvalue weighted by molar-refractivity contribution is -0.384. The van der Waals surface area contributed by atoms with Crippen molar-refractivity contribution >= 4 is 23.2 Å². The topological polar surface area (TPSA) is 90.7 Å². The number of nitro benzene ring substituents is 1. The molecule has 0 aliphatic heterocycles. The zero-order valence-corrected chi connectivity index (χ0v) is 14.4. The highest BCUT2D eigenvalue weighted by molar-refractivity contribution is 6.33. The van der Waals surface area contributed by atoms with Gasteiger partial charge in [-0.2, -0.15) is 0 Å². The quantitative estimate of drug-likeness (QED) is 0.600. The Labute approximate surface area is 149 Å². The summed E-state index contributed by atoms with van der Waals surface area (Å²) in [6.07, 6.45) is -0.406. The Morgan fingerprint density at radius 2 is 2.04 bits per heavy atom. The molecule has 0 aliphatic rings. The van der Waals surface area contributed by atoms with Crippen LogP contribution in [0.4, 0.5) is 5.69 Å². The Morgan fingerprint density at radius 3 is 2.68 bits per heavy atom. The van der Waals surface area contributed by atoms with E-state index < -0.39 is 16.9 Å². The Balaban J connectivity index is 2.12. The average Bonchev–Trinajstić information content (AvgIpc) is 2.62. The van der Waals surface area contributed by atoms with Gasteiger partial charge in [0.25, 0.3) is 11.6 Å². The second-order valence-corrected chi connectivity index (χ2v) is 5.54. The first kappa shape index (κ1) is 18.7. The van der Waals surface area contributed by atoms with E-state index in [2.05, 4.69) is 5.32 Å². The first-order valence-electron chi connectivity index (χ1n) is 7.35. The molecule has 2 aromatic rings. The molecule has 7 nitrogen and oxygen atoms in total. The lowest BCUT2D eigenvalue weighted by atomic mass is 10.1. The van der Waals surface area contributed by atoms with Crippen LogP contribution in [0.25, 0.3) is 0 Å². The van der Waals surface area contributed by atoms with Gasteiger partial charge in [0, 0.05) is 25.8 Å². The molecule has 1 atom stereocenters. The number of ether oxygens (including phenoxy) is 2. The van der Waals surface area contributed by atoms with E-state index >= 15 is 0 Å². The van der Waals surface area contributed by atoms with Gasteiger partial charge in [0.2, 0.25) is 0 Å². The highest BCUT2D eigenvalue weighted by Gasteiger charge is 2.18. The number of benzene rings is 2. The molecule has 0 fully saturated rings. The fourth-order valence-electron chi connectivity index (χ4n) is 2.26. The number of methoxy groups -OCH3 is 2. The molecule has 2 aromatic carbocycles. The van der Waals surface area contributed by atoms with Crippen LogP contribution >= 0.6 is 11.6 Å². The van der Waals surface area contributed by atoms with Crippen molar-refractivity contribution in [2.75, 3.05) is 20.8 Å². The van der Waals surface area contributed by atoms with E-state index in [9.17, 15) is 14.9 Å². The van der Waals surface area contributed by atoms with Crippen molar-refractivity contribution in [3.8, 4) is 5.75 Å². The van der Waals surface area contributed by atoms with Gasteiger partial charge in [-0.1, -0.05) is 23.7 Å². The molecule has 1 amide bonds. The van der Waals surface area contributed by atoms with Gasteiger partial charge in [0.1, 0.15) is 5.75 Å². The summed E-state index contributed by atoms with van der Waals surface area (Å²) in [6, 6.07) is 11.0. The van der Waals surface area contributed by atoms with Crippen molar-refractivity contribution in [3.05, 3.63) is 68.7 Å². The van der Waals surface area contributed by atoms with Crippen LogP contribution in [0.5, 0.6) is 5.75 Å². The molecule has 2 rings (SSSR count). The molecule has 0 radical (unpaired) electrons. The molecule has 0 aromatic heterocycles. The minimum absolute atomic E-state index is 0.0383. The first-order valence-corrected chi connectivity index (χ1v) is 7.73. The number of rotatable bonds is 7. The summed E-state index contributed by atoms with van der Waals surface area (Å²) in [5.74, 6) is 0.159. The zero-order chi connectivity index (χ0) is 18.4. The third-order valence-electron chi connectivity index (χ3n) is 3.60. The number of amides is 1. The maximum atomic E-state index is 12.3. The Morgan fingerprint density at radius 1 is 1.28 bits per heavy atom. The second-order valence-electron chi connectivity index (χ2n) is 5.13. The highest BCUT2D eigenvalue weighted by atomic mass is 35.5. The number of carbonyl (C=O) groups is 1. The van der Waals surface area contributed by atoms with Gasteiger partial charge in [-0.3, -0.25) is 14.9 Å². The van der Waals surface area contributed by atoms with Crippen molar-refractivity contribution in [2.45, 2.75) is 6.10 Å². The summed E-state index contributed by atoms with van der Waals surface area (Å²) >= 11 is 5.97. The number of nitrogens with one attached hydrogen (secondary N) is 1. The number of hydrogen-bond acceptors (Lipinski definition) is 5. The summed E-state index contributed by atoms with van der Waals surface area (Å²) < 4.78 is 10.6. The van der Waals surface area contributed by atoms with Crippen LogP contribution in [-0.2, 0) is 4.74 Å². The smallest absolute Gasteiger partial charge is 0.270 e. The number of carbonyl (C=O) groups excluding carboxylic acids is 1. The lowest BCUT2D eigenvalue weighted by Crippen LogP contribution is -2.29. The standard InChI is InChI=1S/C17H17ClN2O5/c1-24-13-5-3-4-11(8-13)16(25-2)10-19-17(21)14-9-12(20(22)23)6-7-15(14)18/h3-9,16H,10H2,1-2H3,(H,19,21). The van der Waals surface area contributed by atoms with Crippen LogP contribution in [-0.4, -0.2) is 31.6 Å². The van der Waals surface area contributed by atoms with Crippen molar-refractivity contribution < 1.29 is 19.2 Å². The van der Waals surface area contributed by atoms with Crippen LogP contribution < -0.4 is 10.1 Å². The van der Waals surface area contributed by atoms with Crippen LogP contribution in [0.15, 0.2) is 42.5 Å². The van der Waals surface area contributed by atoms with Crippen LogP contribution in [0.1, 0.15) is 22.0 Å². The van der Waals surface area contributed by atoms with E-state index in [0.29, 0.717) is 5.75 Å². The van der Waals surface area contributed by atoms with Gasteiger partial charge in [-0.15, -0.1) is 0 Å². The summed E-state index contributed by atoms with van der Waals surface area (Å²) in [6.45, 7) is 0.168. The molecule has 132 valence electrons. The Bertz CT molecular complexity index is 781. The van der Waals surface area contributed by atoms with E-state index in [4.69, 9.17) is 21.1 Å². The minimum atomic E-state index is -0.582. The van der Waals surface area contributed by atoms with Crippen molar-refractivity contribution in [1.82, 2.24) is 5.32 Å². The van der Waals surface area contributed by atoms with E-state index in [1.807, 2.05) is 12.1 Å². The normalized spacial score (nSPS) is 11.6. The zero-order valence-electron chi connectivity index (χ0n) is 13.7. The van der Waals surface area contributed by atoms with E-state index in [0.717, 1.165) is 11.6 Å². The molecule has 1 unspecified atom stereocenters. The Hall–Kier alpha value is -2.64. The van der Waals surface area contributed by atoms with E-state index in [1.165, 1.54) is 19.2 Å². The summed E-state index contributed by atoms with van der Waals surface area (Å²) in [4.78, 5) is 22.6. The molecule has 1 N–H and O–H groups in total. The molecule has 0 heterocycles. The van der Waals surface area contributed by atoms with Crippen LogP contribution in [0.3, 0.4) is 0 Å². The molecule has 0 bridgehead atoms. The van der Waals surface area contributed by atoms with E-state index in [1.54, 1.807) is 19.2 Å². The molecule has 8 heteroatoms. The van der Waals surface area contributed by atoms with Gasteiger partial charge in [-0.05, 0) is 23.8 Å². The average molecular weight is 365 g/mol. The lowest BCUT2D eigenvalue weighted by Gasteiger charge is -2.17. The maximum Gasteiger partial charge on any atom is 0.270 e. The van der Waals surface area contributed by atoms with Gasteiger partial charge >= 0.3 is 0 Å². The molecule has 0 spiro atoms. The van der Waals surface area contributed by atoms with E-state index in [-0.39, 0.29) is 22.8 Å². The Kier molecular flexibility index (Phi) is 6.32. The SMILES string of the molecule is COc1cccc(C(CNC(=O)c2cc([N+](=O)[O-])ccc2Cl)OC)c1. The molecule has 0 aliphatic carbocycles. The fraction of sp³-hybridized carbons (Fsp3) is 0.235. The minimum Gasteiger partial charge on any atom is -0.497 e. The third-order valence-corrected chi connectivity index (χ3v) is 3.93. The number of nitro groups is 1. The third kappa shape index (κ3) is 4.68. The fourth-order valence-corrected chi connectivity index (χ4v) is 2.46. The monoisotopic (exact) mass is 364 g/mol. The van der Waals surface area contributed by atoms with Gasteiger partial charge in [0.15, 0.2) is 0 Å². The predicted octanol–water partition coefficient (Wildman–Crippen LogP) is 3.37. The van der Waals surface area contributed by atoms with Crippen LogP contribution in [0, 0.1) is 10.1 Å². The second kappa shape index (κ2) is 8.46. The summed E-state index contributed by atoms with van der Waals surface area (Å²) in [7, 11) is 3.09. The summed E-state index contributed by atoms with van der Waals surface area (Å²) in [5.41, 5.74) is 0.661. The van der Waals surface area contributed by atoms with Gasteiger partial charge in [-0.25, -0.2) is 0 Å². The molecule has 0 saturated carbocycles. The van der Waals surface area contributed by atoms with Gasteiger partial charge in [0.05, 0.1) is 28.7 Å².